The average molecular weight is 269 g/mol. The molecule has 5 nitrogen and oxygen atoms in total. The summed E-state index contributed by atoms with van der Waals surface area (Å²) in [4.78, 5) is 4.20. The molecule has 5 heteroatoms. The van der Waals surface area contributed by atoms with Crippen LogP contribution >= 0.6 is 0 Å². The first kappa shape index (κ1) is 13.7. The Morgan fingerprint density at radius 3 is 2.45 bits per heavy atom. The van der Waals surface area contributed by atoms with Crippen molar-refractivity contribution >= 4 is 5.69 Å². The zero-order chi connectivity index (χ0) is 14.5. The number of rotatable bonds is 4. The summed E-state index contributed by atoms with van der Waals surface area (Å²) in [5, 5.41) is 9.40. The maximum Gasteiger partial charge on any atom is 0.161 e. The molecule has 0 fully saturated rings. The molecular weight excluding hydrogens is 254 g/mol. The van der Waals surface area contributed by atoms with Crippen LogP contribution in [-0.2, 0) is 0 Å². The second-order valence-corrected chi connectivity index (χ2v) is 4.19. The third-order valence-electron chi connectivity index (χ3n) is 2.98. The van der Waals surface area contributed by atoms with Gasteiger partial charge in [0.15, 0.2) is 11.5 Å². The molecule has 1 unspecified atom stereocenters. The molecule has 0 radical (unpaired) electrons. The van der Waals surface area contributed by atoms with E-state index in [1.165, 1.54) is 0 Å². The number of nitrogens with zero attached hydrogens (tertiary/aromatic N) is 2. The molecule has 0 saturated heterocycles. The molecule has 1 atom stereocenters. The number of hydrogen-bond acceptors (Lipinski definition) is 5. The van der Waals surface area contributed by atoms with Gasteiger partial charge < -0.3 is 15.2 Å². The molecule has 0 aliphatic rings. The van der Waals surface area contributed by atoms with Crippen molar-refractivity contribution in [1.82, 2.24) is 4.98 Å². The van der Waals surface area contributed by atoms with Crippen LogP contribution < -0.4 is 15.2 Å². The van der Waals surface area contributed by atoms with E-state index in [1.807, 2.05) is 6.07 Å². The van der Waals surface area contributed by atoms with Crippen molar-refractivity contribution in [2.45, 2.75) is 5.92 Å². The predicted molar refractivity (Wildman–Crippen MR) is 75.7 cm³/mol. The van der Waals surface area contributed by atoms with E-state index in [0.29, 0.717) is 22.9 Å². The normalized spacial score (nSPS) is 11.4. The molecule has 2 aromatic rings. The van der Waals surface area contributed by atoms with Crippen molar-refractivity contribution < 1.29 is 9.47 Å². The average Bonchev–Trinajstić information content (AvgIpc) is 2.49. The first-order valence-corrected chi connectivity index (χ1v) is 6.02. The third-order valence-corrected chi connectivity index (χ3v) is 2.98. The van der Waals surface area contributed by atoms with Crippen LogP contribution in [0, 0.1) is 11.3 Å². The lowest BCUT2D eigenvalue weighted by Crippen LogP contribution is -2.02. The summed E-state index contributed by atoms with van der Waals surface area (Å²) >= 11 is 0. The zero-order valence-corrected chi connectivity index (χ0v) is 11.3. The number of nitriles is 1. The highest BCUT2D eigenvalue weighted by Crippen LogP contribution is 2.32. The Balaban J connectivity index is 2.42. The second-order valence-electron chi connectivity index (χ2n) is 4.19. The van der Waals surface area contributed by atoms with Crippen molar-refractivity contribution in [2.24, 2.45) is 0 Å². The standard InChI is InChI=1S/C15H15N3O2/c1-19-14-6-3-10(7-15(14)20-2)12(8-16)13-5-4-11(17)9-18-13/h3-7,9,12H,17H2,1-2H3. The topological polar surface area (TPSA) is 81.2 Å². The van der Waals surface area contributed by atoms with E-state index in [0.717, 1.165) is 5.56 Å². The quantitative estimate of drug-likeness (QED) is 0.921. The molecule has 2 N–H and O–H groups in total. The SMILES string of the molecule is COc1ccc(C(C#N)c2ccc(N)cn2)cc1OC. The number of ether oxygens (including phenoxy) is 2. The molecular formula is C15H15N3O2. The van der Waals surface area contributed by atoms with Gasteiger partial charge >= 0.3 is 0 Å². The van der Waals surface area contributed by atoms with E-state index in [-0.39, 0.29) is 0 Å². The van der Waals surface area contributed by atoms with E-state index in [1.54, 1.807) is 44.7 Å². The van der Waals surface area contributed by atoms with E-state index < -0.39 is 5.92 Å². The van der Waals surface area contributed by atoms with Crippen molar-refractivity contribution in [2.75, 3.05) is 20.0 Å². The molecule has 0 aliphatic carbocycles. The highest BCUT2D eigenvalue weighted by atomic mass is 16.5. The molecule has 1 heterocycles. The van der Waals surface area contributed by atoms with E-state index in [2.05, 4.69) is 11.1 Å². The lowest BCUT2D eigenvalue weighted by Gasteiger charge is -2.13. The molecule has 0 bridgehead atoms. The number of nitrogens with two attached hydrogens (primary N) is 1. The first-order valence-electron chi connectivity index (χ1n) is 6.02. The van der Waals surface area contributed by atoms with Gasteiger partial charge in [0.25, 0.3) is 0 Å². The minimum Gasteiger partial charge on any atom is -0.493 e. The van der Waals surface area contributed by atoms with Gasteiger partial charge in [-0.25, -0.2) is 0 Å². The van der Waals surface area contributed by atoms with Gasteiger partial charge in [-0.2, -0.15) is 5.26 Å². The van der Waals surface area contributed by atoms with Crippen molar-refractivity contribution in [3.63, 3.8) is 0 Å². The Hall–Kier alpha value is -2.74. The number of nitrogen functional groups attached to an aromatic ring is 1. The van der Waals surface area contributed by atoms with Gasteiger partial charge in [-0.3, -0.25) is 4.98 Å². The Morgan fingerprint density at radius 1 is 1.15 bits per heavy atom. The number of anilines is 1. The van der Waals surface area contributed by atoms with Gasteiger partial charge in [0, 0.05) is 0 Å². The fraction of sp³-hybridized carbons (Fsp3) is 0.200. The van der Waals surface area contributed by atoms with Crippen LogP contribution in [0.15, 0.2) is 36.5 Å². The maximum absolute atomic E-state index is 9.40. The third kappa shape index (κ3) is 2.64. The van der Waals surface area contributed by atoms with Crippen LogP contribution in [0.1, 0.15) is 17.2 Å². The largest absolute Gasteiger partial charge is 0.493 e. The lowest BCUT2D eigenvalue weighted by molar-refractivity contribution is 0.354. The van der Waals surface area contributed by atoms with Gasteiger partial charge in [0.05, 0.1) is 37.9 Å². The van der Waals surface area contributed by atoms with Crippen LogP contribution in [-0.4, -0.2) is 19.2 Å². The second kappa shape index (κ2) is 5.93. The summed E-state index contributed by atoms with van der Waals surface area (Å²) in [7, 11) is 3.13. The summed E-state index contributed by atoms with van der Waals surface area (Å²) in [6.07, 6.45) is 1.54. The van der Waals surface area contributed by atoms with Crippen LogP contribution in [0.3, 0.4) is 0 Å². The number of hydrogen-bond donors (Lipinski definition) is 1. The molecule has 20 heavy (non-hydrogen) atoms. The van der Waals surface area contributed by atoms with Crippen LogP contribution in [0.25, 0.3) is 0 Å². The highest BCUT2D eigenvalue weighted by Gasteiger charge is 2.17. The highest BCUT2D eigenvalue weighted by molar-refractivity contribution is 5.48. The molecule has 1 aromatic heterocycles. The minimum atomic E-state index is -0.476. The van der Waals surface area contributed by atoms with Gasteiger partial charge in [0.1, 0.15) is 5.92 Å². The van der Waals surface area contributed by atoms with Crippen LogP contribution in [0.5, 0.6) is 11.5 Å². The van der Waals surface area contributed by atoms with Gasteiger partial charge in [-0.05, 0) is 29.8 Å². The molecule has 0 aliphatic heterocycles. The summed E-state index contributed by atoms with van der Waals surface area (Å²) in [5.74, 6) is 0.731. The zero-order valence-electron chi connectivity index (χ0n) is 11.3. The van der Waals surface area contributed by atoms with Crippen molar-refractivity contribution in [3.8, 4) is 17.6 Å². The monoisotopic (exact) mass is 269 g/mol. The molecule has 102 valence electrons. The van der Waals surface area contributed by atoms with Crippen LogP contribution in [0.2, 0.25) is 0 Å². The van der Waals surface area contributed by atoms with Crippen molar-refractivity contribution in [3.05, 3.63) is 47.8 Å². The molecule has 0 spiro atoms. The number of benzene rings is 1. The lowest BCUT2D eigenvalue weighted by atomic mass is 9.96. The Bertz CT molecular complexity index is 633. The van der Waals surface area contributed by atoms with Gasteiger partial charge in [0.2, 0.25) is 0 Å². The maximum atomic E-state index is 9.40. The number of pyridine rings is 1. The first-order chi connectivity index (χ1) is 9.69. The molecule has 0 saturated carbocycles. The van der Waals surface area contributed by atoms with E-state index in [4.69, 9.17) is 15.2 Å². The fourth-order valence-corrected chi connectivity index (χ4v) is 1.93. The predicted octanol–water partition coefficient (Wildman–Crippen LogP) is 2.34. The van der Waals surface area contributed by atoms with E-state index in [9.17, 15) is 5.26 Å². The molecule has 2 rings (SSSR count). The smallest absolute Gasteiger partial charge is 0.161 e. The summed E-state index contributed by atoms with van der Waals surface area (Å²) in [6.45, 7) is 0. The fourth-order valence-electron chi connectivity index (χ4n) is 1.93. The number of aromatic nitrogens is 1. The Labute approximate surface area is 117 Å². The Morgan fingerprint density at radius 2 is 1.90 bits per heavy atom. The summed E-state index contributed by atoms with van der Waals surface area (Å²) in [6, 6.07) is 11.1. The molecule has 0 amide bonds. The van der Waals surface area contributed by atoms with E-state index >= 15 is 0 Å². The van der Waals surface area contributed by atoms with Crippen molar-refractivity contribution in [1.29, 1.82) is 5.26 Å². The molecule has 1 aromatic carbocycles. The van der Waals surface area contributed by atoms with Gasteiger partial charge in [-0.15, -0.1) is 0 Å². The minimum absolute atomic E-state index is 0.476. The van der Waals surface area contributed by atoms with Gasteiger partial charge in [-0.1, -0.05) is 6.07 Å². The summed E-state index contributed by atoms with van der Waals surface area (Å²) < 4.78 is 10.4. The Kier molecular flexibility index (Phi) is 4.06. The number of methoxy groups -OCH3 is 2. The summed E-state index contributed by atoms with van der Waals surface area (Å²) in [5.41, 5.74) is 7.62. The van der Waals surface area contributed by atoms with Crippen LogP contribution in [0.4, 0.5) is 5.69 Å².